The summed E-state index contributed by atoms with van der Waals surface area (Å²) in [4.78, 5) is 27.0. The lowest BCUT2D eigenvalue weighted by Crippen LogP contribution is -3.11. The van der Waals surface area contributed by atoms with Gasteiger partial charge in [-0.05, 0) is 12.1 Å². The first-order valence-electron chi connectivity index (χ1n) is 10.4. The average molecular weight is 413 g/mol. The number of likely N-dealkylation sites (N-methyl/N-ethyl adjacent to an activating group) is 1. The largest absolute Gasteiger partial charge is 0.497 e. The Kier molecular flexibility index (Phi) is 7.82. The van der Waals surface area contributed by atoms with Gasteiger partial charge in [-0.2, -0.15) is 0 Å². The molecule has 1 fully saturated rings. The third-order valence-electron chi connectivity index (χ3n) is 5.32. The van der Waals surface area contributed by atoms with Crippen LogP contribution in [-0.4, -0.2) is 58.2 Å². The number of anilines is 1. The van der Waals surface area contributed by atoms with Gasteiger partial charge in [0.1, 0.15) is 12.3 Å². The number of amides is 2. The van der Waals surface area contributed by atoms with E-state index in [4.69, 9.17) is 4.74 Å². The van der Waals surface area contributed by atoms with Gasteiger partial charge < -0.3 is 25.2 Å². The highest BCUT2D eigenvalue weighted by Gasteiger charge is 2.28. The van der Waals surface area contributed by atoms with Crippen molar-refractivity contribution in [3.63, 3.8) is 0 Å². The number of hydrogen-bond donors (Lipinski definition) is 4. The van der Waals surface area contributed by atoms with Crippen LogP contribution in [0.3, 0.4) is 0 Å². The summed E-state index contributed by atoms with van der Waals surface area (Å²) in [5.74, 6) is 0.549. The van der Waals surface area contributed by atoms with E-state index in [1.807, 2.05) is 31.3 Å². The smallest absolute Gasteiger partial charge is 0.279 e. The maximum Gasteiger partial charge on any atom is 0.279 e. The predicted octanol–water partition coefficient (Wildman–Crippen LogP) is -0.878. The minimum Gasteiger partial charge on any atom is -0.497 e. The number of likely N-dealkylation sites (tertiary alicyclic amines) is 1. The summed E-state index contributed by atoms with van der Waals surface area (Å²) in [6.07, 6.45) is 0.989. The molecule has 2 aromatic rings. The van der Waals surface area contributed by atoms with Gasteiger partial charge in [0.05, 0.1) is 33.3 Å². The molecule has 7 heteroatoms. The highest BCUT2D eigenvalue weighted by atomic mass is 16.5. The molecule has 1 aliphatic rings. The molecule has 160 valence electrons. The van der Waals surface area contributed by atoms with Crippen molar-refractivity contribution in [2.75, 3.05) is 45.7 Å². The zero-order chi connectivity index (χ0) is 21.3. The van der Waals surface area contributed by atoms with Crippen molar-refractivity contribution in [3.8, 4) is 5.75 Å². The van der Waals surface area contributed by atoms with E-state index < -0.39 is 0 Å². The van der Waals surface area contributed by atoms with Gasteiger partial charge in [0.2, 0.25) is 0 Å². The van der Waals surface area contributed by atoms with Crippen LogP contribution in [0.4, 0.5) is 5.69 Å². The molecule has 30 heavy (non-hydrogen) atoms. The molecule has 2 aromatic carbocycles. The second-order valence-electron chi connectivity index (χ2n) is 8.01. The van der Waals surface area contributed by atoms with Gasteiger partial charge in [-0.3, -0.25) is 9.59 Å². The maximum absolute atomic E-state index is 12.4. The fourth-order valence-electron chi connectivity index (χ4n) is 3.89. The molecule has 4 N–H and O–H groups in total. The van der Waals surface area contributed by atoms with E-state index in [1.165, 1.54) is 10.5 Å². The molecule has 3 rings (SSSR count). The maximum atomic E-state index is 12.4. The molecule has 1 aliphatic heterocycles. The Balaban J connectivity index is 1.37. The molecule has 1 saturated heterocycles. The molecule has 0 bridgehead atoms. The molecule has 0 aromatic heterocycles. The summed E-state index contributed by atoms with van der Waals surface area (Å²) in [6, 6.07) is 17.9. The van der Waals surface area contributed by atoms with Gasteiger partial charge in [-0.15, -0.1) is 0 Å². The number of hydrogen-bond acceptors (Lipinski definition) is 3. The lowest BCUT2D eigenvalue weighted by atomic mass is 10.2. The van der Waals surface area contributed by atoms with E-state index in [9.17, 15) is 9.59 Å². The number of ether oxygens (including phenoxy) is 1. The molecule has 1 heterocycles. The van der Waals surface area contributed by atoms with Gasteiger partial charge in [0.15, 0.2) is 13.1 Å². The Hall–Kier alpha value is -2.90. The van der Waals surface area contributed by atoms with Crippen LogP contribution < -0.4 is 25.2 Å². The molecule has 0 spiro atoms. The van der Waals surface area contributed by atoms with Crippen LogP contribution in [0.2, 0.25) is 0 Å². The minimum absolute atomic E-state index is 0.00681. The fraction of sp³-hybridized carbons (Fsp3) is 0.391. The van der Waals surface area contributed by atoms with Gasteiger partial charge in [0, 0.05) is 23.7 Å². The van der Waals surface area contributed by atoms with Gasteiger partial charge in [0.25, 0.3) is 11.8 Å². The summed E-state index contributed by atoms with van der Waals surface area (Å²) in [6.45, 7) is 3.49. The van der Waals surface area contributed by atoms with E-state index in [0.717, 1.165) is 31.0 Å². The lowest BCUT2D eigenvalue weighted by molar-refractivity contribution is -0.901. The zero-order valence-electron chi connectivity index (χ0n) is 17.7. The molecule has 0 aliphatic carbocycles. The quantitative estimate of drug-likeness (QED) is 0.432. The van der Waals surface area contributed by atoms with Crippen LogP contribution in [0.1, 0.15) is 12.0 Å². The summed E-state index contributed by atoms with van der Waals surface area (Å²) in [5.41, 5.74) is 2.01. The van der Waals surface area contributed by atoms with Crippen LogP contribution >= 0.6 is 0 Å². The van der Waals surface area contributed by atoms with Crippen molar-refractivity contribution >= 4 is 17.5 Å². The molecule has 3 atom stereocenters. The first kappa shape index (κ1) is 21.8. The molecular weight excluding hydrogens is 380 g/mol. The standard InChI is InChI=1S/C23H30N4O3/c1-26(16-22(28)24-19-9-6-10-21(13-19)30-2)17-23(29)25-20-11-12-27(15-20)14-18-7-4-3-5-8-18/h3-10,13,20H,11-12,14-17H2,1-2H3,(H,24,28)(H,25,29)/p+2/t20-/m0/s1. The minimum atomic E-state index is -0.132. The Labute approximate surface area is 178 Å². The molecular formula is C23H32N4O3+2. The summed E-state index contributed by atoms with van der Waals surface area (Å²) >= 11 is 0. The number of carbonyl (C=O) groups excluding carboxylic acids is 2. The van der Waals surface area contributed by atoms with Crippen molar-refractivity contribution in [3.05, 3.63) is 60.2 Å². The highest BCUT2D eigenvalue weighted by Crippen LogP contribution is 2.16. The number of benzene rings is 2. The molecule has 7 nitrogen and oxygen atoms in total. The van der Waals surface area contributed by atoms with E-state index in [0.29, 0.717) is 11.4 Å². The monoisotopic (exact) mass is 412 g/mol. The Morgan fingerprint density at radius 2 is 1.87 bits per heavy atom. The zero-order valence-corrected chi connectivity index (χ0v) is 17.7. The first-order valence-corrected chi connectivity index (χ1v) is 10.4. The van der Waals surface area contributed by atoms with Crippen molar-refractivity contribution in [1.29, 1.82) is 0 Å². The SMILES string of the molecule is COc1cccc(NC(=O)C[NH+](C)CC(=O)N[C@H]2CC[NH+](Cc3ccccc3)C2)c1. The van der Waals surface area contributed by atoms with Crippen LogP contribution in [0.5, 0.6) is 5.75 Å². The van der Waals surface area contributed by atoms with E-state index >= 15 is 0 Å². The van der Waals surface area contributed by atoms with Gasteiger partial charge >= 0.3 is 0 Å². The van der Waals surface area contributed by atoms with E-state index in [-0.39, 0.29) is 30.9 Å². The molecule has 0 saturated carbocycles. The van der Waals surface area contributed by atoms with Crippen LogP contribution in [-0.2, 0) is 16.1 Å². The number of nitrogens with one attached hydrogen (secondary N) is 4. The number of rotatable bonds is 9. The predicted molar refractivity (Wildman–Crippen MR) is 116 cm³/mol. The Bertz CT molecular complexity index is 843. The number of methoxy groups -OCH3 is 1. The normalized spacial score (nSPS) is 19.1. The Morgan fingerprint density at radius 1 is 1.10 bits per heavy atom. The van der Waals surface area contributed by atoms with Crippen molar-refractivity contribution in [2.24, 2.45) is 0 Å². The van der Waals surface area contributed by atoms with Gasteiger partial charge in [-0.1, -0.05) is 36.4 Å². The Morgan fingerprint density at radius 3 is 2.63 bits per heavy atom. The summed E-state index contributed by atoms with van der Waals surface area (Å²) in [5, 5.41) is 5.98. The first-order chi connectivity index (χ1) is 14.5. The van der Waals surface area contributed by atoms with Crippen LogP contribution in [0.15, 0.2) is 54.6 Å². The van der Waals surface area contributed by atoms with Crippen molar-refractivity contribution in [1.82, 2.24) is 5.32 Å². The topological polar surface area (TPSA) is 76.3 Å². The fourth-order valence-corrected chi connectivity index (χ4v) is 3.89. The van der Waals surface area contributed by atoms with Crippen LogP contribution in [0, 0.1) is 0 Å². The van der Waals surface area contributed by atoms with Gasteiger partial charge in [-0.25, -0.2) is 0 Å². The molecule has 2 amide bonds. The second-order valence-corrected chi connectivity index (χ2v) is 8.01. The summed E-state index contributed by atoms with van der Waals surface area (Å²) < 4.78 is 5.16. The molecule has 2 unspecified atom stereocenters. The summed E-state index contributed by atoms with van der Waals surface area (Å²) in [7, 11) is 3.44. The van der Waals surface area contributed by atoms with E-state index in [1.54, 1.807) is 13.2 Å². The average Bonchev–Trinajstić information content (AvgIpc) is 3.15. The lowest BCUT2D eigenvalue weighted by Gasteiger charge is -2.16. The van der Waals surface area contributed by atoms with Crippen molar-refractivity contribution < 1.29 is 24.1 Å². The molecule has 0 radical (unpaired) electrons. The number of carbonyl (C=O) groups is 2. The second kappa shape index (κ2) is 10.8. The van der Waals surface area contributed by atoms with Crippen molar-refractivity contribution in [2.45, 2.75) is 19.0 Å². The number of quaternary nitrogens is 2. The third-order valence-corrected chi connectivity index (χ3v) is 5.32. The van der Waals surface area contributed by atoms with E-state index in [2.05, 4.69) is 34.9 Å². The van der Waals surface area contributed by atoms with Crippen LogP contribution in [0.25, 0.3) is 0 Å². The highest BCUT2D eigenvalue weighted by molar-refractivity contribution is 5.91. The third kappa shape index (κ3) is 6.86.